The van der Waals surface area contributed by atoms with E-state index in [4.69, 9.17) is 4.74 Å². The highest BCUT2D eigenvalue weighted by molar-refractivity contribution is 5.47. The van der Waals surface area contributed by atoms with E-state index in [2.05, 4.69) is 15.5 Å². The highest BCUT2D eigenvalue weighted by atomic mass is 16.5. The van der Waals surface area contributed by atoms with Gasteiger partial charge in [0, 0.05) is 23.5 Å². The van der Waals surface area contributed by atoms with E-state index < -0.39 is 0 Å². The summed E-state index contributed by atoms with van der Waals surface area (Å²) >= 11 is 0. The van der Waals surface area contributed by atoms with Crippen molar-refractivity contribution >= 4 is 5.69 Å². The summed E-state index contributed by atoms with van der Waals surface area (Å²) in [4.78, 5) is 0. The molecule has 1 aromatic heterocycles. The third-order valence-corrected chi connectivity index (χ3v) is 3.25. The first-order valence-corrected chi connectivity index (χ1v) is 6.87. The zero-order chi connectivity index (χ0) is 14.5. The minimum atomic E-state index is 0.751. The molecule has 3 aromatic rings. The molecule has 106 valence electrons. The van der Waals surface area contributed by atoms with Crippen LogP contribution in [-0.4, -0.2) is 10.2 Å². The summed E-state index contributed by atoms with van der Waals surface area (Å²) in [5.74, 6) is 1.67. The van der Waals surface area contributed by atoms with Crippen LogP contribution in [0.5, 0.6) is 11.5 Å². The van der Waals surface area contributed by atoms with Crippen LogP contribution in [0.2, 0.25) is 0 Å². The Morgan fingerprint density at radius 3 is 2.38 bits per heavy atom. The van der Waals surface area contributed by atoms with Crippen LogP contribution in [-0.2, 0) is 6.54 Å². The third-order valence-electron chi connectivity index (χ3n) is 3.25. The van der Waals surface area contributed by atoms with E-state index in [1.165, 1.54) is 5.56 Å². The van der Waals surface area contributed by atoms with Crippen LogP contribution in [0, 0.1) is 6.92 Å². The maximum Gasteiger partial charge on any atom is 0.127 e. The normalized spacial score (nSPS) is 10.3. The van der Waals surface area contributed by atoms with Crippen molar-refractivity contribution < 1.29 is 4.74 Å². The number of hydrogen-bond donors (Lipinski definition) is 2. The summed E-state index contributed by atoms with van der Waals surface area (Å²) in [5.41, 5.74) is 3.31. The van der Waals surface area contributed by atoms with Crippen molar-refractivity contribution in [2.75, 3.05) is 5.32 Å². The van der Waals surface area contributed by atoms with E-state index in [0.29, 0.717) is 0 Å². The molecule has 2 N–H and O–H groups in total. The predicted molar refractivity (Wildman–Crippen MR) is 83.6 cm³/mol. The van der Waals surface area contributed by atoms with Crippen molar-refractivity contribution in [1.82, 2.24) is 10.2 Å². The number of aryl methyl sites for hydroxylation is 1. The molecule has 1 heterocycles. The summed E-state index contributed by atoms with van der Waals surface area (Å²) in [6.07, 6.45) is 1.84. The van der Waals surface area contributed by atoms with E-state index >= 15 is 0 Å². The number of para-hydroxylation sites is 1. The Bertz CT molecular complexity index is 690. The van der Waals surface area contributed by atoms with Crippen LogP contribution in [0.3, 0.4) is 0 Å². The highest BCUT2D eigenvalue weighted by Crippen LogP contribution is 2.22. The predicted octanol–water partition coefficient (Wildman–Crippen LogP) is 4.12. The number of aromatic amines is 1. The van der Waals surface area contributed by atoms with E-state index in [1.54, 1.807) is 0 Å². The lowest BCUT2D eigenvalue weighted by Crippen LogP contribution is -1.99. The number of aromatic nitrogens is 2. The van der Waals surface area contributed by atoms with Gasteiger partial charge in [-0.05, 0) is 43.3 Å². The maximum absolute atomic E-state index is 5.76. The lowest BCUT2D eigenvalue weighted by molar-refractivity contribution is 0.483. The fraction of sp³-hybridized carbons (Fsp3) is 0.118. The fourth-order valence-electron chi connectivity index (χ4n) is 2.02. The lowest BCUT2D eigenvalue weighted by Gasteiger charge is -2.08. The van der Waals surface area contributed by atoms with E-state index in [0.717, 1.165) is 29.4 Å². The van der Waals surface area contributed by atoms with Crippen LogP contribution in [0.25, 0.3) is 0 Å². The van der Waals surface area contributed by atoms with Gasteiger partial charge in [-0.3, -0.25) is 5.10 Å². The number of H-pyrrole nitrogens is 1. The second kappa shape index (κ2) is 6.13. The molecule has 0 saturated carbocycles. The number of nitrogens with one attached hydrogen (secondary N) is 2. The minimum Gasteiger partial charge on any atom is -0.457 e. The monoisotopic (exact) mass is 279 g/mol. The van der Waals surface area contributed by atoms with Crippen LogP contribution < -0.4 is 10.1 Å². The second-order valence-corrected chi connectivity index (χ2v) is 4.81. The number of benzene rings is 2. The molecule has 21 heavy (non-hydrogen) atoms. The Balaban J connectivity index is 1.60. The Hall–Kier alpha value is -2.75. The molecule has 0 spiro atoms. The van der Waals surface area contributed by atoms with Gasteiger partial charge in [-0.15, -0.1) is 0 Å². The van der Waals surface area contributed by atoms with Crippen LogP contribution in [0.15, 0.2) is 60.8 Å². The lowest BCUT2D eigenvalue weighted by atomic mass is 10.2. The number of ether oxygens (including phenoxy) is 1. The molecule has 0 aliphatic rings. The molecule has 4 nitrogen and oxygen atoms in total. The first-order chi connectivity index (χ1) is 10.3. The molecule has 2 aromatic carbocycles. The Morgan fingerprint density at radius 2 is 1.71 bits per heavy atom. The average Bonchev–Trinajstić information content (AvgIpc) is 2.93. The van der Waals surface area contributed by atoms with Gasteiger partial charge in [-0.25, -0.2) is 0 Å². The summed E-state index contributed by atoms with van der Waals surface area (Å²) in [7, 11) is 0. The van der Waals surface area contributed by atoms with Crippen molar-refractivity contribution in [2.45, 2.75) is 13.5 Å². The quantitative estimate of drug-likeness (QED) is 0.738. The van der Waals surface area contributed by atoms with E-state index in [-0.39, 0.29) is 0 Å². The van der Waals surface area contributed by atoms with Crippen LogP contribution >= 0.6 is 0 Å². The summed E-state index contributed by atoms with van der Waals surface area (Å²) in [6, 6.07) is 17.7. The van der Waals surface area contributed by atoms with Gasteiger partial charge in [0.25, 0.3) is 0 Å². The Kier molecular flexibility index (Phi) is 3.87. The first kappa shape index (κ1) is 13.2. The molecule has 0 aliphatic carbocycles. The van der Waals surface area contributed by atoms with Gasteiger partial charge in [-0.1, -0.05) is 18.2 Å². The summed E-state index contributed by atoms with van der Waals surface area (Å²) < 4.78 is 5.76. The average molecular weight is 279 g/mol. The maximum atomic E-state index is 5.76. The Morgan fingerprint density at radius 1 is 1.00 bits per heavy atom. The molecule has 0 radical (unpaired) electrons. The molecule has 4 heteroatoms. The molecule has 0 amide bonds. The second-order valence-electron chi connectivity index (χ2n) is 4.81. The first-order valence-electron chi connectivity index (χ1n) is 6.87. The van der Waals surface area contributed by atoms with E-state index in [1.807, 2.05) is 67.7 Å². The molecule has 0 fully saturated rings. The van der Waals surface area contributed by atoms with Crippen LogP contribution in [0.4, 0.5) is 5.69 Å². The number of anilines is 1. The summed E-state index contributed by atoms with van der Waals surface area (Å²) in [5, 5.41) is 10.3. The number of rotatable bonds is 5. The van der Waals surface area contributed by atoms with Gasteiger partial charge in [0.15, 0.2) is 0 Å². The van der Waals surface area contributed by atoms with Crippen molar-refractivity contribution in [1.29, 1.82) is 0 Å². The Labute approximate surface area is 123 Å². The zero-order valence-electron chi connectivity index (χ0n) is 11.8. The van der Waals surface area contributed by atoms with Crippen molar-refractivity contribution in [2.24, 2.45) is 0 Å². The highest BCUT2D eigenvalue weighted by Gasteiger charge is 2.01. The van der Waals surface area contributed by atoms with Crippen molar-refractivity contribution in [3.63, 3.8) is 0 Å². The molecule has 3 rings (SSSR count). The molecule has 0 saturated heterocycles. The molecular formula is C17H17N3O. The van der Waals surface area contributed by atoms with Gasteiger partial charge in [0.2, 0.25) is 0 Å². The molecule has 0 aliphatic heterocycles. The largest absolute Gasteiger partial charge is 0.457 e. The molecule has 0 atom stereocenters. The van der Waals surface area contributed by atoms with Crippen molar-refractivity contribution in [3.05, 3.63) is 72.1 Å². The standard InChI is InChI=1S/C17H17N3O/c1-13-14(12-19-20-13)11-18-15-7-9-17(10-8-15)21-16-5-3-2-4-6-16/h2-10,12,18H,11H2,1H3,(H,19,20). The van der Waals surface area contributed by atoms with Gasteiger partial charge < -0.3 is 10.1 Å². The SMILES string of the molecule is Cc1[nH]ncc1CNc1ccc(Oc2ccccc2)cc1. The van der Waals surface area contributed by atoms with E-state index in [9.17, 15) is 0 Å². The number of nitrogens with zero attached hydrogens (tertiary/aromatic N) is 1. The number of hydrogen-bond acceptors (Lipinski definition) is 3. The van der Waals surface area contributed by atoms with Gasteiger partial charge in [0.05, 0.1) is 6.20 Å². The van der Waals surface area contributed by atoms with Gasteiger partial charge >= 0.3 is 0 Å². The smallest absolute Gasteiger partial charge is 0.127 e. The fourth-order valence-corrected chi connectivity index (χ4v) is 2.02. The van der Waals surface area contributed by atoms with Crippen molar-refractivity contribution in [3.8, 4) is 11.5 Å². The van der Waals surface area contributed by atoms with Gasteiger partial charge in [-0.2, -0.15) is 5.10 Å². The topological polar surface area (TPSA) is 49.9 Å². The van der Waals surface area contributed by atoms with Gasteiger partial charge in [0.1, 0.15) is 11.5 Å². The third kappa shape index (κ3) is 3.42. The molecule has 0 unspecified atom stereocenters. The molecular weight excluding hydrogens is 262 g/mol. The zero-order valence-corrected chi connectivity index (χ0v) is 11.8. The minimum absolute atomic E-state index is 0.751. The summed E-state index contributed by atoms with van der Waals surface area (Å²) in [6.45, 7) is 2.77. The van der Waals surface area contributed by atoms with Crippen LogP contribution in [0.1, 0.15) is 11.3 Å². The molecule has 0 bridgehead atoms.